The van der Waals surface area contributed by atoms with Crippen LogP contribution < -0.4 is 0 Å². The van der Waals surface area contributed by atoms with Crippen molar-refractivity contribution in [3.63, 3.8) is 0 Å². The molecule has 7 aromatic rings. The molecule has 0 saturated heterocycles. The third-order valence-electron chi connectivity index (χ3n) is 11.4. The second-order valence-electron chi connectivity index (χ2n) is 19.7. The first kappa shape index (κ1) is 43.8. The molecule has 2 heterocycles. The third kappa shape index (κ3) is 8.76. The van der Waals surface area contributed by atoms with Crippen LogP contribution >= 0.6 is 0 Å². The van der Waals surface area contributed by atoms with Crippen molar-refractivity contribution in [1.82, 2.24) is 14.5 Å². The minimum Gasteiger partial charge on any atom is -0.507 e. The van der Waals surface area contributed by atoms with Gasteiger partial charge in [0.2, 0.25) is 0 Å². The second-order valence-corrected chi connectivity index (χ2v) is 19.7. The molecular formula is C54H60N3OPt-. The van der Waals surface area contributed by atoms with Crippen molar-refractivity contribution in [3.8, 4) is 56.3 Å². The maximum Gasteiger partial charge on any atom is 0.148 e. The van der Waals surface area contributed by atoms with Crippen LogP contribution in [0.15, 0.2) is 109 Å². The van der Waals surface area contributed by atoms with Crippen LogP contribution in [0.2, 0.25) is 0 Å². The summed E-state index contributed by atoms with van der Waals surface area (Å²) >= 11 is 0. The molecule has 5 heteroatoms. The zero-order valence-electron chi connectivity index (χ0n) is 37.2. The van der Waals surface area contributed by atoms with Crippen LogP contribution in [0, 0.1) is 6.07 Å². The van der Waals surface area contributed by atoms with E-state index >= 15 is 0 Å². The predicted molar refractivity (Wildman–Crippen MR) is 245 cm³/mol. The number of imidazole rings is 1. The van der Waals surface area contributed by atoms with E-state index in [2.05, 4.69) is 167 Å². The van der Waals surface area contributed by atoms with Crippen LogP contribution in [-0.2, 0) is 37.3 Å². The van der Waals surface area contributed by atoms with Crippen LogP contribution in [0.1, 0.15) is 130 Å². The SMILES string of the molecule is CC(C)c1cccc(C(C)C)c1-n1c(-c2ccccc2O)nc2c(-c3[c-]c(-c4ccccn4)cc(-c4cc(C(C)(C)C)cc(C(C)(C)C)c4)c3)cc(C(C)(C)C)cc21.[Pt]. The largest absolute Gasteiger partial charge is 0.507 e. The molecule has 0 aliphatic carbocycles. The van der Waals surface area contributed by atoms with Gasteiger partial charge in [-0.05, 0) is 85.7 Å². The van der Waals surface area contributed by atoms with Gasteiger partial charge in [0.1, 0.15) is 11.6 Å². The Hall–Kier alpha value is -4.79. The second kappa shape index (κ2) is 16.3. The number of hydrogen-bond acceptors (Lipinski definition) is 3. The third-order valence-corrected chi connectivity index (χ3v) is 11.4. The summed E-state index contributed by atoms with van der Waals surface area (Å²) in [7, 11) is 0. The normalized spacial score (nSPS) is 12.4. The molecule has 1 N–H and O–H groups in total. The number of phenols is 1. The topological polar surface area (TPSA) is 50.9 Å². The van der Waals surface area contributed by atoms with Gasteiger partial charge in [0.15, 0.2) is 0 Å². The smallest absolute Gasteiger partial charge is 0.148 e. The van der Waals surface area contributed by atoms with Crippen LogP contribution in [0.3, 0.4) is 0 Å². The van der Waals surface area contributed by atoms with Gasteiger partial charge in [0.25, 0.3) is 0 Å². The van der Waals surface area contributed by atoms with E-state index in [-0.39, 0.29) is 54.9 Å². The summed E-state index contributed by atoms with van der Waals surface area (Å²) in [6, 6.07) is 40.4. The molecule has 7 rings (SSSR count). The van der Waals surface area contributed by atoms with Gasteiger partial charge in [-0.3, -0.25) is 9.55 Å². The molecule has 59 heavy (non-hydrogen) atoms. The van der Waals surface area contributed by atoms with Crippen molar-refractivity contribution >= 4 is 11.0 Å². The van der Waals surface area contributed by atoms with Crippen molar-refractivity contribution in [2.24, 2.45) is 0 Å². The Morgan fingerprint density at radius 1 is 0.576 bits per heavy atom. The van der Waals surface area contributed by atoms with Gasteiger partial charge < -0.3 is 5.11 Å². The molecule has 0 aliphatic heterocycles. The maximum atomic E-state index is 11.5. The first-order chi connectivity index (χ1) is 27.2. The predicted octanol–water partition coefficient (Wildman–Crippen LogP) is 14.7. The minimum atomic E-state index is -0.185. The summed E-state index contributed by atoms with van der Waals surface area (Å²) in [5.74, 6) is 1.41. The number of pyridine rings is 1. The number of hydrogen-bond donors (Lipinski definition) is 1. The van der Waals surface area contributed by atoms with E-state index in [1.54, 1.807) is 6.07 Å². The average molecular weight is 962 g/mol. The molecule has 0 radical (unpaired) electrons. The van der Waals surface area contributed by atoms with E-state index in [1.807, 2.05) is 36.5 Å². The van der Waals surface area contributed by atoms with Crippen LogP contribution in [-0.4, -0.2) is 19.6 Å². The molecule has 0 fully saturated rings. The summed E-state index contributed by atoms with van der Waals surface area (Å²) < 4.78 is 2.33. The molecule has 4 nitrogen and oxygen atoms in total. The number of rotatable bonds is 7. The van der Waals surface area contributed by atoms with E-state index in [4.69, 9.17) is 9.97 Å². The quantitative estimate of drug-likeness (QED) is 0.162. The molecule has 0 atom stereocenters. The number of para-hydroxylation sites is 2. The summed E-state index contributed by atoms with van der Waals surface area (Å²) in [5, 5.41) is 11.5. The summed E-state index contributed by atoms with van der Waals surface area (Å²) in [6.07, 6.45) is 1.85. The average Bonchev–Trinajstić information content (AvgIpc) is 3.55. The monoisotopic (exact) mass is 961 g/mol. The fourth-order valence-electron chi connectivity index (χ4n) is 7.86. The summed E-state index contributed by atoms with van der Waals surface area (Å²) in [5.41, 5.74) is 15.7. The van der Waals surface area contributed by atoms with Gasteiger partial charge in [-0.2, -0.15) is 0 Å². The Morgan fingerprint density at radius 2 is 1.12 bits per heavy atom. The van der Waals surface area contributed by atoms with E-state index in [9.17, 15) is 5.11 Å². The first-order valence-corrected chi connectivity index (χ1v) is 20.9. The van der Waals surface area contributed by atoms with Crippen molar-refractivity contribution in [3.05, 3.63) is 143 Å². The zero-order valence-corrected chi connectivity index (χ0v) is 39.4. The molecule has 0 saturated carbocycles. The molecule has 5 aromatic carbocycles. The number of aromatic nitrogens is 3. The van der Waals surface area contributed by atoms with Crippen molar-refractivity contribution in [1.29, 1.82) is 0 Å². The van der Waals surface area contributed by atoms with E-state index in [0.29, 0.717) is 11.4 Å². The molecule has 308 valence electrons. The summed E-state index contributed by atoms with van der Waals surface area (Å²) in [6.45, 7) is 29.6. The fraction of sp³-hybridized carbons (Fsp3) is 0.333. The van der Waals surface area contributed by atoms with Crippen LogP contribution in [0.25, 0.3) is 61.6 Å². The maximum absolute atomic E-state index is 11.5. The Kier molecular flexibility index (Phi) is 12.1. The number of phenolic OH excluding ortho intramolecular Hbond substituents is 1. The van der Waals surface area contributed by atoms with Crippen LogP contribution in [0.4, 0.5) is 0 Å². The van der Waals surface area contributed by atoms with Crippen molar-refractivity contribution in [2.45, 2.75) is 118 Å². The molecule has 0 spiro atoms. The van der Waals surface area contributed by atoms with Gasteiger partial charge in [0.05, 0.1) is 22.3 Å². The van der Waals surface area contributed by atoms with E-state index in [0.717, 1.165) is 44.7 Å². The number of aromatic hydroxyl groups is 1. The van der Waals surface area contributed by atoms with Gasteiger partial charge >= 0.3 is 0 Å². The van der Waals surface area contributed by atoms with E-state index in [1.165, 1.54) is 33.4 Å². The summed E-state index contributed by atoms with van der Waals surface area (Å²) in [4.78, 5) is 10.4. The fourth-order valence-corrected chi connectivity index (χ4v) is 7.86. The molecular weight excluding hydrogens is 902 g/mol. The Bertz CT molecular complexity index is 2570. The van der Waals surface area contributed by atoms with Crippen molar-refractivity contribution in [2.75, 3.05) is 0 Å². The van der Waals surface area contributed by atoms with Gasteiger partial charge in [-0.25, -0.2) is 4.98 Å². The Morgan fingerprint density at radius 3 is 1.66 bits per heavy atom. The van der Waals surface area contributed by atoms with Gasteiger partial charge in [-0.15, -0.1) is 23.8 Å². The van der Waals surface area contributed by atoms with E-state index < -0.39 is 0 Å². The number of fused-ring (bicyclic) bond motifs is 1. The van der Waals surface area contributed by atoms with Gasteiger partial charge in [0, 0.05) is 33.0 Å². The van der Waals surface area contributed by atoms with Gasteiger partial charge in [-0.1, -0.05) is 173 Å². The molecule has 0 aliphatic rings. The molecule has 2 aromatic heterocycles. The number of benzene rings is 5. The van der Waals surface area contributed by atoms with Crippen LogP contribution in [0.5, 0.6) is 5.75 Å². The number of nitrogens with zero attached hydrogens (tertiary/aromatic N) is 3. The molecule has 0 bridgehead atoms. The molecule has 0 unspecified atom stereocenters. The Labute approximate surface area is 367 Å². The zero-order chi connectivity index (χ0) is 41.9. The standard InChI is InChI=1S/C54H60N3O.Pt/c1-33(2)42-20-18-21-43(34(3)4)50(42)57-47-32-41(54(11,12)13)31-45(49(47)56-51(57)44-19-14-15-23-48(44)58)37-25-35(26-38(27-37)46-22-16-17-24-55-46)36-28-39(52(5,6)7)30-40(29-36)53(8,9)10;/h14-26,28-34,58H,1-13H3;/q-1;. The Balaban J connectivity index is 0.00000585. The molecule has 0 amide bonds. The van der Waals surface area contributed by atoms with Crippen molar-refractivity contribution < 1.29 is 26.2 Å². The minimum absolute atomic E-state index is 0. The first-order valence-electron chi connectivity index (χ1n) is 20.9.